The Bertz CT molecular complexity index is 1250. The van der Waals surface area contributed by atoms with Crippen molar-refractivity contribution in [1.29, 1.82) is 5.26 Å². The summed E-state index contributed by atoms with van der Waals surface area (Å²) in [7, 11) is 0. The van der Waals surface area contributed by atoms with Crippen LogP contribution in [-0.4, -0.2) is 4.98 Å². The Morgan fingerprint density at radius 3 is 2.52 bits per heavy atom. The van der Waals surface area contributed by atoms with Gasteiger partial charge in [-0.25, -0.2) is 4.98 Å². The molecule has 0 aliphatic heterocycles. The van der Waals surface area contributed by atoms with Gasteiger partial charge in [0, 0.05) is 10.9 Å². The van der Waals surface area contributed by atoms with Crippen molar-refractivity contribution >= 4 is 11.3 Å². The first-order valence-electron chi connectivity index (χ1n) is 10.3. The average Bonchev–Trinajstić information content (AvgIpc) is 3.33. The number of nitrogens with zero attached hydrogens (tertiary/aromatic N) is 2. The van der Waals surface area contributed by atoms with E-state index < -0.39 is 0 Å². The van der Waals surface area contributed by atoms with Crippen molar-refractivity contribution in [2.45, 2.75) is 33.8 Å². The second-order valence-electron chi connectivity index (χ2n) is 7.63. The van der Waals surface area contributed by atoms with Crippen molar-refractivity contribution in [1.82, 2.24) is 4.98 Å². The molecular formula is C27H24N2OS. The van der Waals surface area contributed by atoms with Crippen LogP contribution in [0.3, 0.4) is 0 Å². The summed E-state index contributed by atoms with van der Waals surface area (Å²) in [5.74, 6) is 0.856. The molecule has 4 heteroatoms. The van der Waals surface area contributed by atoms with Gasteiger partial charge in [0.25, 0.3) is 0 Å². The standard InChI is InChI=1S/C27H24N2OS/c1-4-20-6-10-27(25(13-20)26-16-31-17-29-26)30-15-23-8-7-22(12-18(23)2)24-9-5-21(14-28)11-19(24)3/h5-13,16-17H,4,15H2,1-3H3. The van der Waals surface area contributed by atoms with Crippen LogP contribution in [0.2, 0.25) is 0 Å². The third-order valence-electron chi connectivity index (χ3n) is 5.55. The van der Waals surface area contributed by atoms with Crippen LogP contribution >= 0.6 is 11.3 Å². The van der Waals surface area contributed by atoms with Crippen molar-refractivity contribution in [3.63, 3.8) is 0 Å². The fourth-order valence-electron chi connectivity index (χ4n) is 3.71. The van der Waals surface area contributed by atoms with Gasteiger partial charge in [-0.05, 0) is 77.9 Å². The van der Waals surface area contributed by atoms with Crippen LogP contribution in [0.4, 0.5) is 0 Å². The second-order valence-corrected chi connectivity index (χ2v) is 8.35. The third-order valence-corrected chi connectivity index (χ3v) is 6.14. The molecular weight excluding hydrogens is 400 g/mol. The van der Waals surface area contributed by atoms with Crippen LogP contribution in [0.25, 0.3) is 22.4 Å². The van der Waals surface area contributed by atoms with E-state index in [0.29, 0.717) is 12.2 Å². The van der Waals surface area contributed by atoms with Crippen LogP contribution in [0.5, 0.6) is 5.75 Å². The maximum atomic E-state index is 9.10. The van der Waals surface area contributed by atoms with E-state index >= 15 is 0 Å². The summed E-state index contributed by atoms with van der Waals surface area (Å²) in [6, 6.07) is 20.8. The van der Waals surface area contributed by atoms with E-state index in [1.54, 1.807) is 11.3 Å². The quantitative estimate of drug-likeness (QED) is 0.331. The maximum absolute atomic E-state index is 9.10. The van der Waals surface area contributed by atoms with Gasteiger partial charge in [0.05, 0.1) is 22.8 Å². The Balaban J connectivity index is 1.57. The molecule has 0 aliphatic carbocycles. The van der Waals surface area contributed by atoms with Gasteiger partial charge in [-0.3, -0.25) is 0 Å². The number of hydrogen-bond donors (Lipinski definition) is 0. The van der Waals surface area contributed by atoms with E-state index in [2.05, 4.69) is 66.7 Å². The van der Waals surface area contributed by atoms with E-state index in [0.717, 1.165) is 45.7 Å². The molecule has 0 saturated heterocycles. The summed E-state index contributed by atoms with van der Waals surface area (Å²) in [5, 5.41) is 11.2. The van der Waals surface area contributed by atoms with Gasteiger partial charge in [0.15, 0.2) is 0 Å². The zero-order chi connectivity index (χ0) is 21.8. The molecule has 0 aliphatic rings. The molecule has 0 radical (unpaired) electrons. The molecule has 0 saturated carbocycles. The SMILES string of the molecule is CCc1ccc(OCc2ccc(-c3ccc(C#N)cc3C)cc2C)c(-c2cscn2)c1. The highest BCUT2D eigenvalue weighted by Crippen LogP contribution is 2.32. The normalized spacial score (nSPS) is 10.6. The average molecular weight is 425 g/mol. The summed E-state index contributed by atoms with van der Waals surface area (Å²) in [6.45, 7) is 6.81. The predicted octanol–water partition coefficient (Wildman–Crippen LogP) is 7.11. The first-order valence-corrected chi connectivity index (χ1v) is 11.3. The summed E-state index contributed by atoms with van der Waals surface area (Å²) in [6.07, 6.45) is 0.979. The fourth-order valence-corrected chi connectivity index (χ4v) is 4.26. The van der Waals surface area contributed by atoms with E-state index in [-0.39, 0.29) is 0 Å². The van der Waals surface area contributed by atoms with Crippen molar-refractivity contribution < 1.29 is 4.74 Å². The van der Waals surface area contributed by atoms with Gasteiger partial charge < -0.3 is 4.74 Å². The van der Waals surface area contributed by atoms with Crippen LogP contribution in [0.1, 0.15) is 34.7 Å². The van der Waals surface area contributed by atoms with E-state index in [1.807, 2.05) is 30.6 Å². The third kappa shape index (κ3) is 4.52. The molecule has 0 unspecified atom stereocenters. The monoisotopic (exact) mass is 424 g/mol. The van der Waals surface area contributed by atoms with Crippen molar-refractivity contribution in [2.75, 3.05) is 0 Å². The Kier molecular flexibility index (Phi) is 6.16. The topological polar surface area (TPSA) is 45.9 Å². The van der Waals surface area contributed by atoms with E-state index in [4.69, 9.17) is 10.00 Å². The molecule has 4 rings (SSSR count). The highest BCUT2D eigenvalue weighted by molar-refractivity contribution is 7.07. The first-order chi connectivity index (χ1) is 15.1. The van der Waals surface area contributed by atoms with Crippen LogP contribution in [0.15, 0.2) is 65.5 Å². The highest BCUT2D eigenvalue weighted by Gasteiger charge is 2.11. The molecule has 3 aromatic carbocycles. The molecule has 1 aromatic heterocycles. The molecule has 154 valence electrons. The Labute approximate surface area is 187 Å². The smallest absolute Gasteiger partial charge is 0.129 e. The summed E-state index contributed by atoms with van der Waals surface area (Å²) >= 11 is 1.59. The molecule has 31 heavy (non-hydrogen) atoms. The number of benzene rings is 3. The summed E-state index contributed by atoms with van der Waals surface area (Å²) in [4.78, 5) is 4.48. The van der Waals surface area contributed by atoms with Gasteiger partial charge in [-0.1, -0.05) is 37.3 Å². The Hall–Kier alpha value is -3.42. The molecule has 0 spiro atoms. The largest absolute Gasteiger partial charge is 0.488 e. The molecule has 0 amide bonds. The van der Waals surface area contributed by atoms with Gasteiger partial charge in [0.1, 0.15) is 12.4 Å². The maximum Gasteiger partial charge on any atom is 0.129 e. The number of ether oxygens (including phenoxy) is 1. The van der Waals surface area contributed by atoms with Crippen molar-refractivity contribution in [3.8, 4) is 34.2 Å². The number of nitriles is 1. The lowest BCUT2D eigenvalue weighted by molar-refractivity contribution is 0.306. The predicted molar refractivity (Wildman–Crippen MR) is 127 cm³/mol. The summed E-state index contributed by atoms with van der Waals surface area (Å²) < 4.78 is 6.26. The zero-order valence-electron chi connectivity index (χ0n) is 18.0. The highest BCUT2D eigenvalue weighted by atomic mass is 32.1. The summed E-state index contributed by atoms with van der Waals surface area (Å²) in [5.41, 5.74) is 11.6. The zero-order valence-corrected chi connectivity index (χ0v) is 18.8. The van der Waals surface area contributed by atoms with Crippen molar-refractivity contribution in [2.24, 2.45) is 0 Å². The van der Waals surface area contributed by atoms with Gasteiger partial charge >= 0.3 is 0 Å². The van der Waals surface area contributed by atoms with Crippen LogP contribution in [0, 0.1) is 25.2 Å². The van der Waals surface area contributed by atoms with Gasteiger partial charge in [-0.2, -0.15) is 5.26 Å². The number of aryl methyl sites for hydroxylation is 3. The molecule has 0 atom stereocenters. The molecule has 3 nitrogen and oxygen atoms in total. The molecule has 1 heterocycles. The Morgan fingerprint density at radius 1 is 0.968 bits per heavy atom. The Morgan fingerprint density at radius 2 is 1.84 bits per heavy atom. The van der Waals surface area contributed by atoms with E-state index in [1.165, 1.54) is 11.1 Å². The molecule has 4 aromatic rings. The van der Waals surface area contributed by atoms with Crippen LogP contribution in [-0.2, 0) is 13.0 Å². The fraction of sp³-hybridized carbons (Fsp3) is 0.185. The molecule has 0 N–H and O–H groups in total. The molecule has 0 fully saturated rings. The minimum Gasteiger partial charge on any atom is -0.488 e. The number of hydrogen-bond acceptors (Lipinski definition) is 4. The van der Waals surface area contributed by atoms with Gasteiger partial charge in [0.2, 0.25) is 0 Å². The number of aromatic nitrogens is 1. The lowest BCUT2D eigenvalue weighted by atomic mass is 9.96. The second kappa shape index (κ2) is 9.16. The first kappa shape index (κ1) is 20.8. The number of thiazole rings is 1. The van der Waals surface area contributed by atoms with Crippen molar-refractivity contribution in [3.05, 3.63) is 93.3 Å². The minimum absolute atomic E-state index is 0.501. The van der Waals surface area contributed by atoms with Crippen LogP contribution < -0.4 is 4.74 Å². The van der Waals surface area contributed by atoms with E-state index in [9.17, 15) is 0 Å². The lowest BCUT2D eigenvalue weighted by Crippen LogP contribution is -2.00. The minimum atomic E-state index is 0.501. The van der Waals surface area contributed by atoms with Gasteiger partial charge in [-0.15, -0.1) is 11.3 Å². The lowest BCUT2D eigenvalue weighted by Gasteiger charge is -2.14. The molecule has 0 bridgehead atoms. The number of rotatable bonds is 6.